The standard InChI is InChI=1S/C24H32N6O3.C8H10/c1-17(24(32)28-15-19-2-6-20(7-3-19)23(25)26)29-22(31)16-27-14-18-4-8-21(9-5-18)30-10-12-33-13-11-30;1-2-8-6-4-3-5-7-8/h2-9,17,27H,10-16H2,1H3,(H3,25,26)(H,28,32)(H,29,31);3-7H,2H2,1H3. The summed E-state index contributed by atoms with van der Waals surface area (Å²) >= 11 is 0. The molecule has 0 radical (unpaired) electrons. The van der Waals surface area contributed by atoms with E-state index in [9.17, 15) is 9.59 Å². The van der Waals surface area contributed by atoms with E-state index < -0.39 is 6.04 Å². The molecule has 1 heterocycles. The van der Waals surface area contributed by atoms with Crippen LogP contribution in [0.1, 0.15) is 36.1 Å². The zero-order chi connectivity index (χ0) is 29.5. The number of carbonyl (C=O) groups excluding carboxylic acids is 2. The van der Waals surface area contributed by atoms with Crippen molar-refractivity contribution in [1.82, 2.24) is 16.0 Å². The molecule has 0 aliphatic carbocycles. The lowest BCUT2D eigenvalue weighted by Gasteiger charge is -2.28. The fourth-order valence-electron chi connectivity index (χ4n) is 4.18. The van der Waals surface area contributed by atoms with Crippen LogP contribution in [0.25, 0.3) is 0 Å². The molecule has 0 saturated carbocycles. The van der Waals surface area contributed by atoms with Crippen LogP contribution >= 0.6 is 0 Å². The van der Waals surface area contributed by atoms with E-state index in [1.807, 2.05) is 6.07 Å². The molecule has 6 N–H and O–H groups in total. The van der Waals surface area contributed by atoms with Crippen LogP contribution in [-0.2, 0) is 33.8 Å². The number of ether oxygens (including phenoxy) is 1. The van der Waals surface area contributed by atoms with Crippen molar-refractivity contribution >= 4 is 23.3 Å². The minimum atomic E-state index is -0.649. The fourth-order valence-corrected chi connectivity index (χ4v) is 4.18. The highest BCUT2D eigenvalue weighted by Gasteiger charge is 2.15. The molecule has 1 aliphatic rings. The number of amidine groups is 1. The minimum Gasteiger partial charge on any atom is -0.384 e. The smallest absolute Gasteiger partial charge is 0.242 e. The van der Waals surface area contributed by atoms with Crippen LogP contribution in [0, 0.1) is 5.41 Å². The molecule has 1 fully saturated rings. The second-order valence-electron chi connectivity index (χ2n) is 9.83. The van der Waals surface area contributed by atoms with Gasteiger partial charge in [0.1, 0.15) is 11.9 Å². The highest BCUT2D eigenvalue weighted by molar-refractivity contribution is 5.94. The number of anilines is 1. The zero-order valence-corrected chi connectivity index (χ0v) is 24.0. The number of hydrogen-bond donors (Lipinski definition) is 5. The molecule has 0 aromatic heterocycles. The van der Waals surface area contributed by atoms with Crippen LogP contribution in [0.15, 0.2) is 78.9 Å². The zero-order valence-electron chi connectivity index (χ0n) is 24.0. The lowest BCUT2D eigenvalue weighted by molar-refractivity contribution is -0.128. The van der Waals surface area contributed by atoms with E-state index >= 15 is 0 Å². The summed E-state index contributed by atoms with van der Waals surface area (Å²) in [7, 11) is 0. The number of hydrogen-bond acceptors (Lipinski definition) is 6. The van der Waals surface area contributed by atoms with E-state index in [0.29, 0.717) is 18.7 Å². The summed E-state index contributed by atoms with van der Waals surface area (Å²) in [4.78, 5) is 26.7. The first kappa shape index (κ1) is 31.3. The van der Waals surface area contributed by atoms with Crippen LogP contribution in [0.3, 0.4) is 0 Å². The van der Waals surface area contributed by atoms with E-state index in [2.05, 4.69) is 76.3 Å². The molecule has 3 aromatic carbocycles. The Morgan fingerprint density at radius 3 is 2.10 bits per heavy atom. The van der Waals surface area contributed by atoms with E-state index in [0.717, 1.165) is 43.9 Å². The van der Waals surface area contributed by atoms with Crippen molar-refractivity contribution in [2.45, 2.75) is 39.4 Å². The largest absolute Gasteiger partial charge is 0.384 e. The van der Waals surface area contributed by atoms with Gasteiger partial charge in [0, 0.05) is 37.4 Å². The first-order valence-corrected chi connectivity index (χ1v) is 14.0. The number of morpholine rings is 1. The lowest BCUT2D eigenvalue weighted by Crippen LogP contribution is -2.47. The number of nitrogens with zero attached hydrogens (tertiary/aromatic N) is 1. The lowest BCUT2D eigenvalue weighted by atomic mass is 10.1. The van der Waals surface area contributed by atoms with Gasteiger partial charge in [-0.05, 0) is 42.2 Å². The van der Waals surface area contributed by atoms with Gasteiger partial charge in [-0.15, -0.1) is 0 Å². The Morgan fingerprint density at radius 2 is 1.51 bits per heavy atom. The van der Waals surface area contributed by atoms with Crippen molar-refractivity contribution in [3.8, 4) is 0 Å². The van der Waals surface area contributed by atoms with Gasteiger partial charge in [-0.3, -0.25) is 15.0 Å². The molecule has 41 heavy (non-hydrogen) atoms. The molecule has 2 amide bonds. The molecule has 1 saturated heterocycles. The summed E-state index contributed by atoms with van der Waals surface area (Å²) in [5.74, 6) is -0.508. The normalized spacial score (nSPS) is 13.4. The molecule has 1 unspecified atom stereocenters. The maximum absolute atomic E-state index is 12.3. The first-order valence-electron chi connectivity index (χ1n) is 14.0. The average Bonchev–Trinajstić information content (AvgIpc) is 3.01. The quantitative estimate of drug-likeness (QED) is 0.182. The molecule has 3 aromatic rings. The maximum Gasteiger partial charge on any atom is 0.242 e. The molecule has 0 bridgehead atoms. The first-order chi connectivity index (χ1) is 19.9. The van der Waals surface area contributed by atoms with Gasteiger partial charge >= 0.3 is 0 Å². The molecule has 4 rings (SSSR count). The Morgan fingerprint density at radius 1 is 0.902 bits per heavy atom. The molecule has 1 atom stereocenters. The maximum atomic E-state index is 12.3. The van der Waals surface area contributed by atoms with Crippen LogP contribution in [0.5, 0.6) is 0 Å². The van der Waals surface area contributed by atoms with Gasteiger partial charge in [0.25, 0.3) is 0 Å². The van der Waals surface area contributed by atoms with Crippen LogP contribution in [0.4, 0.5) is 5.69 Å². The topological polar surface area (TPSA) is 133 Å². The number of aryl methyl sites for hydroxylation is 1. The van der Waals surface area contributed by atoms with E-state index in [1.54, 1.807) is 31.2 Å². The van der Waals surface area contributed by atoms with E-state index in [4.69, 9.17) is 15.9 Å². The number of carbonyl (C=O) groups is 2. The van der Waals surface area contributed by atoms with Crippen molar-refractivity contribution in [1.29, 1.82) is 5.41 Å². The molecular formula is C32H42N6O3. The van der Waals surface area contributed by atoms with Gasteiger partial charge < -0.3 is 31.3 Å². The SMILES string of the molecule is CC(NC(=O)CNCc1ccc(N2CCOCC2)cc1)C(=O)NCc1ccc(C(=N)N)cc1.CCc1ccccc1. The summed E-state index contributed by atoms with van der Waals surface area (Å²) in [6, 6.07) is 25.2. The number of nitrogens with two attached hydrogens (primary N) is 1. The number of rotatable bonds is 11. The van der Waals surface area contributed by atoms with Gasteiger partial charge in [-0.1, -0.05) is 73.7 Å². The van der Waals surface area contributed by atoms with Crippen LogP contribution < -0.4 is 26.6 Å². The van der Waals surface area contributed by atoms with Gasteiger partial charge in [0.2, 0.25) is 11.8 Å². The Hall–Kier alpha value is -4.21. The molecule has 1 aliphatic heterocycles. The third-order valence-corrected chi connectivity index (χ3v) is 6.68. The van der Waals surface area contributed by atoms with Crippen molar-refractivity contribution in [2.75, 3.05) is 37.7 Å². The Balaban J connectivity index is 0.000000496. The molecule has 0 spiro atoms. The van der Waals surface area contributed by atoms with E-state index in [-0.39, 0.29) is 24.2 Å². The number of amides is 2. The van der Waals surface area contributed by atoms with Crippen molar-refractivity contribution in [2.24, 2.45) is 5.73 Å². The minimum absolute atomic E-state index is 0.000494. The van der Waals surface area contributed by atoms with Gasteiger partial charge in [0.15, 0.2) is 0 Å². The molecule has 9 heteroatoms. The van der Waals surface area contributed by atoms with Crippen molar-refractivity contribution in [3.63, 3.8) is 0 Å². The third-order valence-electron chi connectivity index (χ3n) is 6.68. The predicted molar refractivity (Wildman–Crippen MR) is 164 cm³/mol. The van der Waals surface area contributed by atoms with Gasteiger partial charge in [0.05, 0.1) is 19.8 Å². The highest BCUT2D eigenvalue weighted by atomic mass is 16.5. The second-order valence-corrected chi connectivity index (χ2v) is 9.83. The Kier molecular flexibility index (Phi) is 12.8. The number of benzene rings is 3. The molecule has 9 nitrogen and oxygen atoms in total. The Labute approximate surface area is 243 Å². The van der Waals surface area contributed by atoms with Crippen molar-refractivity contribution in [3.05, 3.63) is 101 Å². The predicted octanol–water partition coefficient (Wildman–Crippen LogP) is 2.97. The molecule has 218 valence electrons. The summed E-state index contributed by atoms with van der Waals surface area (Å²) in [5.41, 5.74) is 10.6. The van der Waals surface area contributed by atoms with Gasteiger partial charge in [-0.2, -0.15) is 0 Å². The second kappa shape index (κ2) is 16.8. The third kappa shape index (κ3) is 11.1. The number of nitrogen functional groups attached to an aromatic ring is 1. The van der Waals surface area contributed by atoms with E-state index in [1.165, 1.54) is 11.3 Å². The summed E-state index contributed by atoms with van der Waals surface area (Å²) in [6.07, 6.45) is 1.14. The number of nitrogens with one attached hydrogen (secondary N) is 4. The van der Waals surface area contributed by atoms with Crippen LogP contribution in [-0.4, -0.2) is 56.5 Å². The fraction of sp³-hybridized carbons (Fsp3) is 0.344. The van der Waals surface area contributed by atoms with Crippen LogP contribution in [0.2, 0.25) is 0 Å². The summed E-state index contributed by atoms with van der Waals surface area (Å²) < 4.78 is 5.38. The monoisotopic (exact) mass is 558 g/mol. The molecular weight excluding hydrogens is 516 g/mol. The highest BCUT2D eigenvalue weighted by Crippen LogP contribution is 2.16. The summed E-state index contributed by atoms with van der Waals surface area (Å²) in [5, 5.41) is 16.0. The summed E-state index contributed by atoms with van der Waals surface area (Å²) in [6.45, 7) is 8.13. The van der Waals surface area contributed by atoms with Gasteiger partial charge in [-0.25, -0.2) is 0 Å². The average molecular weight is 559 g/mol. The van der Waals surface area contributed by atoms with Crippen molar-refractivity contribution < 1.29 is 14.3 Å². The Bertz CT molecular complexity index is 1230.